The number of thioether (sulfide) groups is 1. The SMILES string of the molecule is COc1cccc(-c2noc(CSc3cc(N4CCCC(C)C4)ncn3)n2)c1OC. The van der Waals surface area contributed by atoms with Gasteiger partial charge in [0.2, 0.25) is 11.7 Å². The topological polar surface area (TPSA) is 86.4 Å². The molecular weight excluding hydrogens is 402 g/mol. The van der Waals surface area contributed by atoms with E-state index in [1.807, 2.05) is 24.3 Å². The predicted octanol–water partition coefficient (Wildman–Crippen LogP) is 4.07. The van der Waals surface area contributed by atoms with Crippen molar-refractivity contribution >= 4 is 17.6 Å². The molecule has 0 spiro atoms. The van der Waals surface area contributed by atoms with E-state index in [4.69, 9.17) is 14.0 Å². The fourth-order valence-corrected chi connectivity index (χ4v) is 4.30. The van der Waals surface area contributed by atoms with Crippen LogP contribution >= 0.6 is 11.8 Å². The van der Waals surface area contributed by atoms with E-state index >= 15 is 0 Å². The normalized spacial score (nSPS) is 16.5. The Hall–Kier alpha value is -2.81. The van der Waals surface area contributed by atoms with E-state index in [2.05, 4.69) is 31.9 Å². The number of anilines is 1. The Bertz CT molecular complexity index is 996. The standard InChI is InChI=1S/C21H25N5O3S/c1-14-6-5-9-26(11-14)17-10-19(23-13-22-17)30-12-18-24-21(25-29-18)15-7-4-8-16(27-2)20(15)28-3/h4,7-8,10,13-14H,5-6,9,11-12H2,1-3H3. The summed E-state index contributed by atoms with van der Waals surface area (Å²) in [5.74, 6) is 4.37. The van der Waals surface area contributed by atoms with Gasteiger partial charge in [-0.25, -0.2) is 9.97 Å². The van der Waals surface area contributed by atoms with Crippen LogP contribution in [0, 0.1) is 5.92 Å². The Kier molecular flexibility index (Phi) is 6.37. The Balaban J connectivity index is 1.45. The van der Waals surface area contributed by atoms with Crippen LogP contribution in [0.2, 0.25) is 0 Å². The predicted molar refractivity (Wildman–Crippen MR) is 115 cm³/mol. The number of ether oxygens (including phenoxy) is 2. The lowest BCUT2D eigenvalue weighted by atomic mass is 10.0. The molecule has 1 aliphatic rings. The highest BCUT2D eigenvalue weighted by molar-refractivity contribution is 7.98. The van der Waals surface area contributed by atoms with E-state index in [9.17, 15) is 0 Å². The van der Waals surface area contributed by atoms with Crippen LogP contribution in [-0.2, 0) is 5.75 Å². The lowest BCUT2D eigenvalue weighted by Gasteiger charge is -2.31. The molecule has 0 saturated carbocycles. The van der Waals surface area contributed by atoms with Crippen LogP contribution in [0.25, 0.3) is 11.4 Å². The number of hydrogen-bond acceptors (Lipinski definition) is 9. The molecule has 0 aliphatic carbocycles. The van der Waals surface area contributed by atoms with Gasteiger partial charge in [0.15, 0.2) is 11.5 Å². The van der Waals surface area contributed by atoms with Crippen molar-refractivity contribution in [2.24, 2.45) is 5.92 Å². The van der Waals surface area contributed by atoms with E-state index in [1.54, 1.807) is 32.3 Å². The van der Waals surface area contributed by atoms with Gasteiger partial charge in [-0.1, -0.05) is 29.9 Å². The van der Waals surface area contributed by atoms with Gasteiger partial charge >= 0.3 is 0 Å². The molecule has 1 fully saturated rings. The van der Waals surface area contributed by atoms with E-state index < -0.39 is 0 Å². The highest BCUT2D eigenvalue weighted by Gasteiger charge is 2.19. The molecule has 0 N–H and O–H groups in total. The van der Waals surface area contributed by atoms with Gasteiger partial charge in [0.05, 0.1) is 25.5 Å². The molecule has 8 nitrogen and oxygen atoms in total. The van der Waals surface area contributed by atoms with E-state index in [0.717, 1.165) is 29.5 Å². The zero-order valence-corrected chi connectivity index (χ0v) is 18.2. The second kappa shape index (κ2) is 9.34. The summed E-state index contributed by atoms with van der Waals surface area (Å²) in [6.07, 6.45) is 4.10. The van der Waals surface area contributed by atoms with Gasteiger partial charge in [0.25, 0.3) is 0 Å². The first-order valence-corrected chi connectivity index (χ1v) is 10.9. The van der Waals surface area contributed by atoms with Crippen LogP contribution in [0.15, 0.2) is 40.1 Å². The third-order valence-corrected chi connectivity index (χ3v) is 5.97. The molecule has 1 atom stereocenters. The van der Waals surface area contributed by atoms with Gasteiger partial charge < -0.3 is 18.9 Å². The second-order valence-corrected chi connectivity index (χ2v) is 8.24. The number of benzene rings is 1. The second-order valence-electron chi connectivity index (χ2n) is 7.25. The molecule has 0 radical (unpaired) electrons. The smallest absolute Gasteiger partial charge is 0.237 e. The Labute approximate surface area is 180 Å². The lowest BCUT2D eigenvalue weighted by Crippen LogP contribution is -2.34. The van der Waals surface area contributed by atoms with Gasteiger partial charge in [-0.3, -0.25) is 0 Å². The molecule has 9 heteroatoms. The van der Waals surface area contributed by atoms with Crippen LogP contribution in [-0.4, -0.2) is 47.4 Å². The number of rotatable bonds is 7. The van der Waals surface area contributed by atoms with Crippen molar-refractivity contribution in [3.63, 3.8) is 0 Å². The van der Waals surface area contributed by atoms with E-state index in [-0.39, 0.29) is 0 Å². The zero-order chi connectivity index (χ0) is 20.9. The van der Waals surface area contributed by atoms with Crippen LogP contribution < -0.4 is 14.4 Å². The maximum Gasteiger partial charge on any atom is 0.237 e. The number of nitrogens with zero attached hydrogens (tertiary/aromatic N) is 5. The van der Waals surface area contributed by atoms with Crippen molar-refractivity contribution in [1.29, 1.82) is 0 Å². The summed E-state index contributed by atoms with van der Waals surface area (Å²) >= 11 is 1.55. The summed E-state index contributed by atoms with van der Waals surface area (Å²) in [4.78, 5) is 15.7. The van der Waals surface area contributed by atoms with E-state index in [0.29, 0.717) is 34.9 Å². The Morgan fingerprint density at radius 1 is 1.23 bits per heavy atom. The lowest BCUT2D eigenvalue weighted by molar-refractivity contribution is 0.355. The molecule has 1 aromatic carbocycles. The van der Waals surface area contributed by atoms with Crippen molar-refractivity contribution in [2.45, 2.75) is 30.5 Å². The highest BCUT2D eigenvalue weighted by atomic mass is 32.2. The van der Waals surface area contributed by atoms with E-state index in [1.165, 1.54) is 12.8 Å². The average molecular weight is 428 g/mol. The molecule has 30 heavy (non-hydrogen) atoms. The molecule has 0 bridgehead atoms. The highest BCUT2D eigenvalue weighted by Crippen LogP contribution is 2.36. The number of para-hydroxylation sites is 1. The Morgan fingerprint density at radius 3 is 2.93 bits per heavy atom. The first kappa shape index (κ1) is 20.5. The molecule has 3 heterocycles. The number of piperidine rings is 1. The van der Waals surface area contributed by atoms with Gasteiger partial charge in [-0.05, 0) is 30.9 Å². The first-order valence-electron chi connectivity index (χ1n) is 9.91. The quantitative estimate of drug-likeness (QED) is 0.409. The van der Waals surface area contributed by atoms with Gasteiger partial charge in [-0.15, -0.1) is 0 Å². The van der Waals surface area contributed by atoms with Gasteiger partial charge in [0, 0.05) is 19.2 Å². The van der Waals surface area contributed by atoms with Gasteiger partial charge in [-0.2, -0.15) is 4.98 Å². The summed E-state index contributed by atoms with van der Waals surface area (Å²) in [7, 11) is 3.19. The van der Waals surface area contributed by atoms with Crippen molar-refractivity contribution in [3.8, 4) is 22.9 Å². The molecule has 3 aromatic rings. The van der Waals surface area contributed by atoms with Crippen molar-refractivity contribution in [1.82, 2.24) is 20.1 Å². The maximum atomic E-state index is 5.47. The molecule has 1 saturated heterocycles. The van der Waals surface area contributed by atoms with Gasteiger partial charge in [0.1, 0.15) is 17.2 Å². The number of aromatic nitrogens is 4. The summed E-state index contributed by atoms with van der Waals surface area (Å²) in [5.41, 5.74) is 0.723. The Morgan fingerprint density at radius 2 is 2.13 bits per heavy atom. The largest absolute Gasteiger partial charge is 0.493 e. The number of methoxy groups -OCH3 is 2. The van der Waals surface area contributed by atoms with Crippen molar-refractivity contribution in [2.75, 3.05) is 32.2 Å². The maximum absolute atomic E-state index is 5.47. The molecule has 1 unspecified atom stereocenters. The van der Waals surface area contributed by atoms with Crippen LogP contribution in [0.5, 0.6) is 11.5 Å². The van der Waals surface area contributed by atoms with Crippen molar-refractivity contribution in [3.05, 3.63) is 36.5 Å². The van der Waals surface area contributed by atoms with Crippen LogP contribution in [0.3, 0.4) is 0 Å². The average Bonchev–Trinajstić information content (AvgIpc) is 3.26. The number of hydrogen-bond donors (Lipinski definition) is 0. The first-order chi connectivity index (χ1) is 14.7. The van der Waals surface area contributed by atoms with Crippen LogP contribution in [0.4, 0.5) is 5.82 Å². The third-order valence-electron chi connectivity index (χ3n) is 5.06. The zero-order valence-electron chi connectivity index (χ0n) is 17.4. The molecule has 4 rings (SSSR count). The molecule has 158 valence electrons. The summed E-state index contributed by atoms with van der Waals surface area (Å²) in [6, 6.07) is 7.60. The minimum atomic E-state index is 0.465. The third kappa shape index (κ3) is 4.51. The molecule has 2 aromatic heterocycles. The minimum Gasteiger partial charge on any atom is -0.493 e. The molecular formula is C21H25N5O3S. The molecule has 1 aliphatic heterocycles. The van der Waals surface area contributed by atoms with Crippen molar-refractivity contribution < 1.29 is 14.0 Å². The summed E-state index contributed by atoms with van der Waals surface area (Å²) in [6.45, 7) is 4.37. The summed E-state index contributed by atoms with van der Waals surface area (Å²) < 4.78 is 16.3. The monoisotopic (exact) mass is 427 g/mol. The van der Waals surface area contributed by atoms with Crippen LogP contribution in [0.1, 0.15) is 25.7 Å². The molecule has 0 amide bonds. The fourth-order valence-electron chi connectivity index (χ4n) is 3.60. The summed E-state index contributed by atoms with van der Waals surface area (Å²) in [5, 5.41) is 4.99. The minimum absolute atomic E-state index is 0.465. The fraction of sp³-hybridized carbons (Fsp3) is 0.429.